The van der Waals surface area contributed by atoms with E-state index in [-0.39, 0.29) is 23.5 Å². The first-order valence-corrected chi connectivity index (χ1v) is 7.91. The van der Waals surface area contributed by atoms with Gasteiger partial charge in [-0.1, -0.05) is 6.42 Å². The first-order valence-electron chi connectivity index (χ1n) is 7.91. The summed E-state index contributed by atoms with van der Waals surface area (Å²) in [6.07, 6.45) is 4.31. The van der Waals surface area contributed by atoms with Crippen LogP contribution in [0.1, 0.15) is 29.6 Å². The number of carbonyl (C=O) groups excluding carboxylic acids is 1. The van der Waals surface area contributed by atoms with Crippen molar-refractivity contribution in [1.82, 2.24) is 9.88 Å². The maximum absolute atomic E-state index is 13.0. The van der Waals surface area contributed by atoms with E-state index in [9.17, 15) is 19.1 Å². The van der Waals surface area contributed by atoms with E-state index in [2.05, 4.69) is 5.32 Å². The molecule has 1 amide bonds. The van der Waals surface area contributed by atoms with E-state index in [1.807, 2.05) is 0 Å². The fourth-order valence-electron chi connectivity index (χ4n) is 2.86. The van der Waals surface area contributed by atoms with E-state index in [1.165, 1.54) is 47.2 Å². The van der Waals surface area contributed by atoms with Gasteiger partial charge in [-0.3, -0.25) is 14.2 Å². The van der Waals surface area contributed by atoms with Gasteiger partial charge in [-0.15, -0.1) is 0 Å². The molecule has 1 aliphatic carbocycles. The molecule has 0 saturated heterocycles. The zero-order chi connectivity index (χ0) is 17.2. The lowest BCUT2D eigenvalue weighted by molar-refractivity contribution is 0.0429. The van der Waals surface area contributed by atoms with Crippen LogP contribution in [0, 0.1) is 11.2 Å². The maximum atomic E-state index is 13.0. The van der Waals surface area contributed by atoms with E-state index in [0.717, 1.165) is 19.3 Å². The minimum Gasteiger partial charge on any atom is -0.396 e. The van der Waals surface area contributed by atoms with Crippen molar-refractivity contribution in [2.75, 3.05) is 13.2 Å². The largest absolute Gasteiger partial charge is 0.396 e. The number of pyridine rings is 1. The van der Waals surface area contributed by atoms with E-state index >= 15 is 0 Å². The zero-order valence-electron chi connectivity index (χ0n) is 13.2. The Morgan fingerprint density at radius 1 is 1.21 bits per heavy atom. The summed E-state index contributed by atoms with van der Waals surface area (Å²) in [5.74, 6) is -0.693. The van der Waals surface area contributed by atoms with E-state index in [4.69, 9.17) is 0 Å². The minimum atomic E-state index is -0.393. The topological polar surface area (TPSA) is 71.3 Å². The zero-order valence-corrected chi connectivity index (χ0v) is 13.2. The number of hydrogen-bond donors (Lipinski definition) is 2. The predicted octanol–water partition coefficient (Wildman–Crippen LogP) is 1.87. The summed E-state index contributed by atoms with van der Waals surface area (Å²) in [6, 6.07) is 8.25. The number of aliphatic hydroxyl groups excluding tert-OH is 1. The number of benzene rings is 1. The Kier molecular flexibility index (Phi) is 4.49. The van der Waals surface area contributed by atoms with Gasteiger partial charge in [0, 0.05) is 29.9 Å². The average molecular weight is 330 g/mol. The summed E-state index contributed by atoms with van der Waals surface area (Å²) in [7, 11) is 0. The summed E-state index contributed by atoms with van der Waals surface area (Å²) < 4.78 is 14.3. The van der Waals surface area contributed by atoms with Gasteiger partial charge in [-0.05, 0) is 43.2 Å². The Balaban J connectivity index is 1.79. The highest BCUT2D eigenvalue weighted by Crippen LogP contribution is 2.39. The summed E-state index contributed by atoms with van der Waals surface area (Å²) in [6.45, 7) is 0.473. The molecule has 126 valence electrons. The van der Waals surface area contributed by atoms with Gasteiger partial charge in [-0.25, -0.2) is 4.39 Å². The molecule has 1 aliphatic rings. The van der Waals surface area contributed by atoms with Crippen molar-refractivity contribution in [2.24, 2.45) is 5.41 Å². The standard InChI is InChI=1S/C18H19FN2O3/c19-14-3-5-15(6-4-14)21-10-13(2-7-16(21)23)17(24)20-11-18(12-22)8-1-9-18/h2-7,10,22H,1,8-9,11-12H2,(H,20,24). The molecule has 2 aromatic rings. The monoisotopic (exact) mass is 330 g/mol. The highest BCUT2D eigenvalue weighted by molar-refractivity contribution is 5.93. The third-order valence-corrected chi connectivity index (χ3v) is 4.65. The summed E-state index contributed by atoms with van der Waals surface area (Å²) in [5, 5.41) is 12.3. The number of halogens is 1. The molecule has 1 heterocycles. The molecule has 0 radical (unpaired) electrons. The second kappa shape index (κ2) is 6.57. The normalized spacial score (nSPS) is 15.6. The van der Waals surface area contributed by atoms with Gasteiger partial charge >= 0.3 is 0 Å². The average Bonchev–Trinajstić information content (AvgIpc) is 2.55. The first kappa shape index (κ1) is 16.4. The van der Waals surface area contributed by atoms with Crippen molar-refractivity contribution >= 4 is 5.91 Å². The quantitative estimate of drug-likeness (QED) is 0.879. The molecule has 0 atom stereocenters. The lowest BCUT2D eigenvalue weighted by Gasteiger charge is -2.40. The molecule has 0 aliphatic heterocycles. The van der Waals surface area contributed by atoms with Crippen LogP contribution in [0.15, 0.2) is 47.4 Å². The molecule has 1 saturated carbocycles. The lowest BCUT2D eigenvalue weighted by atomic mass is 9.69. The van der Waals surface area contributed by atoms with Crippen LogP contribution in [0.4, 0.5) is 4.39 Å². The van der Waals surface area contributed by atoms with Gasteiger partial charge in [0.15, 0.2) is 0 Å². The van der Waals surface area contributed by atoms with Gasteiger partial charge < -0.3 is 10.4 Å². The van der Waals surface area contributed by atoms with E-state index < -0.39 is 5.82 Å². The lowest BCUT2D eigenvalue weighted by Crippen LogP contribution is -2.44. The Labute approximate surface area is 138 Å². The van der Waals surface area contributed by atoms with Crippen LogP contribution in [0.5, 0.6) is 0 Å². The van der Waals surface area contributed by atoms with Crippen molar-refractivity contribution in [3.63, 3.8) is 0 Å². The van der Waals surface area contributed by atoms with Gasteiger partial charge in [0.1, 0.15) is 5.82 Å². The molecule has 5 nitrogen and oxygen atoms in total. The molecule has 0 unspecified atom stereocenters. The highest BCUT2D eigenvalue weighted by atomic mass is 19.1. The number of nitrogens with zero attached hydrogens (tertiary/aromatic N) is 1. The van der Waals surface area contributed by atoms with E-state index in [1.54, 1.807) is 0 Å². The van der Waals surface area contributed by atoms with Crippen molar-refractivity contribution in [2.45, 2.75) is 19.3 Å². The van der Waals surface area contributed by atoms with Crippen molar-refractivity contribution < 1.29 is 14.3 Å². The summed E-state index contributed by atoms with van der Waals surface area (Å²) >= 11 is 0. The van der Waals surface area contributed by atoms with E-state index in [0.29, 0.717) is 17.8 Å². The second-order valence-electron chi connectivity index (χ2n) is 6.30. The Morgan fingerprint density at radius 3 is 2.50 bits per heavy atom. The number of amides is 1. The van der Waals surface area contributed by atoms with Crippen LogP contribution in [-0.4, -0.2) is 28.7 Å². The van der Waals surface area contributed by atoms with Crippen LogP contribution < -0.4 is 10.9 Å². The molecule has 1 aromatic carbocycles. The number of aliphatic hydroxyl groups is 1. The molecule has 3 rings (SSSR count). The molecule has 1 aromatic heterocycles. The molecule has 24 heavy (non-hydrogen) atoms. The number of carbonyl (C=O) groups is 1. The van der Waals surface area contributed by atoms with Crippen LogP contribution in [0.25, 0.3) is 5.69 Å². The Bertz CT molecular complexity index is 789. The molecule has 0 spiro atoms. The van der Waals surface area contributed by atoms with Crippen LogP contribution in [0.2, 0.25) is 0 Å². The Morgan fingerprint density at radius 2 is 1.92 bits per heavy atom. The number of aromatic nitrogens is 1. The predicted molar refractivity (Wildman–Crippen MR) is 87.7 cm³/mol. The number of rotatable bonds is 5. The Hall–Kier alpha value is -2.47. The molecule has 1 fully saturated rings. The molecular formula is C18H19FN2O3. The van der Waals surface area contributed by atoms with Gasteiger partial charge in [0.2, 0.25) is 0 Å². The van der Waals surface area contributed by atoms with Crippen LogP contribution in [-0.2, 0) is 0 Å². The smallest absolute Gasteiger partial charge is 0.255 e. The third kappa shape index (κ3) is 3.23. The second-order valence-corrected chi connectivity index (χ2v) is 6.30. The van der Waals surface area contributed by atoms with Crippen molar-refractivity contribution in [3.05, 3.63) is 64.3 Å². The van der Waals surface area contributed by atoms with Crippen molar-refractivity contribution in [1.29, 1.82) is 0 Å². The van der Waals surface area contributed by atoms with Gasteiger partial charge in [-0.2, -0.15) is 0 Å². The van der Waals surface area contributed by atoms with Gasteiger partial charge in [0.05, 0.1) is 12.2 Å². The highest BCUT2D eigenvalue weighted by Gasteiger charge is 2.36. The number of hydrogen-bond acceptors (Lipinski definition) is 3. The SMILES string of the molecule is O=C(NCC1(CO)CCC1)c1ccc(=O)n(-c2ccc(F)cc2)c1. The maximum Gasteiger partial charge on any atom is 0.255 e. The molecule has 0 bridgehead atoms. The summed E-state index contributed by atoms with van der Waals surface area (Å²) in [4.78, 5) is 24.3. The minimum absolute atomic E-state index is 0.0579. The van der Waals surface area contributed by atoms with Crippen LogP contribution >= 0.6 is 0 Å². The third-order valence-electron chi connectivity index (χ3n) is 4.65. The van der Waals surface area contributed by atoms with Gasteiger partial charge in [0.25, 0.3) is 11.5 Å². The van der Waals surface area contributed by atoms with Crippen LogP contribution in [0.3, 0.4) is 0 Å². The first-order chi connectivity index (χ1) is 11.5. The molecule has 2 N–H and O–H groups in total. The molecule has 6 heteroatoms. The number of nitrogens with one attached hydrogen (secondary N) is 1. The fraction of sp³-hybridized carbons (Fsp3) is 0.333. The van der Waals surface area contributed by atoms with Crippen molar-refractivity contribution in [3.8, 4) is 5.69 Å². The summed E-state index contributed by atoms with van der Waals surface area (Å²) in [5.41, 5.74) is 0.318. The fourth-order valence-corrected chi connectivity index (χ4v) is 2.86. The molecular weight excluding hydrogens is 311 g/mol.